The van der Waals surface area contributed by atoms with E-state index in [1.54, 1.807) is 0 Å². The molecule has 0 aliphatic carbocycles. The zero-order chi connectivity index (χ0) is 22.4. The standard InChI is InChI=1S/C17H17F4NO7/c1-3-28-14(24)16(18,15(25)29-4-2)13(17(19,20)21)9-12(23)10-5-7-11(8-6-10)22(26)27/h5-8,13H,3-4,9H2,1-2H3/t13-/m0/s1. The summed E-state index contributed by atoms with van der Waals surface area (Å²) in [5, 5.41) is 10.6. The topological polar surface area (TPSA) is 113 Å². The number of rotatable bonds is 9. The van der Waals surface area contributed by atoms with Crippen LogP contribution in [-0.2, 0) is 19.1 Å². The molecular weight excluding hydrogens is 406 g/mol. The predicted octanol–water partition coefficient (Wildman–Crippen LogP) is 3.18. The molecule has 160 valence electrons. The second kappa shape index (κ2) is 9.43. The van der Waals surface area contributed by atoms with Crippen LogP contribution in [0.3, 0.4) is 0 Å². The highest BCUT2D eigenvalue weighted by molar-refractivity contribution is 6.05. The number of alkyl halides is 4. The van der Waals surface area contributed by atoms with Gasteiger partial charge in [-0.3, -0.25) is 14.9 Å². The van der Waals surface area contributed by atoms with E-state index in [9.17, 15) is 37.7 Å². The lowest BCUT2D eigenvalue weighted by Gasteiger charge is -2.30. The molecule has 8 nitrogen and oxygen atoms in total. The van der Waals surface area contributed by atoms with Gasteiger partial charge in [0.15, 0.2) is 5.78 Å². The fourth-order valence-corrected chi connectivity index (χ4v) is 2.39. The van der Waals surface area contributed by atoms with Crippen LogP contribution >= 0.6 is 0 Å². The van der Waals surface area contributed by atoms with Crippen LogP contribution in [0.25, 0.3) is 0 Å². The Morgan fingerprint density at radius 1 is 1.00 bits per heavy atom. The van der Waals surface area contributed by atoms with Gasteiger partial charge in [-0.15, -0.1) is 0 Å². The average molecular weight is 423 g/mol. The molecule has 0 saturated heterocycles. The summed E-state index contributed by atoms with van der Waals surface area (Å²) in [6.07, 6.45) is -7.12. The molecule has 0 aromatic heterocycles. The van der Waals surface area contributed by atoms with Crippen molar-refractivity contribution in [3.8, 4) is 0 Å². The summed E-state index contributed by atoms with van der Waals surface area (Å²) < 4.78 is 64.5. The van der Waals surface area contributed by atoms with Crippen molar-refractivity contribution in [1.82, 2.24) is 0 Å². The second-order valence-corrected chi connectivity index (χ2v) is 5.68. The Bertz CT molecular complexity index is 759. The van der Waals surface area contributed by atoms with E-state index in [1.807, 2.05) is 0 Å². The molecule has 0 saturated carbocycles. The van der Waals surface area contributed by atoms with E-state index >= 15 is 4.39 Å². The van der Waals surface area contributed by atoms with Gasteiger partial charge in [0.05, 0.1) is 18.1 Å². The molecule has 1 aromatic rings. The SMILES string of the molecule is CCOC(=O)C(F)(C(=O)OCC)[C@H](CC(=O)c1ccc([N+](=O)[O-])cc1)C(F)(F)F. The number of nitrogens with zero attached hydrogens (tertiary/aromatic N) is 1. The molecule has 1 atom stereocenters. The third kappa shape index (κ3) is 5.48. The minimum atomic E-state index is -5.50. The molecule has 1 rings (SSSR count). The fraction of sp³-hybridized carbons (Fsp3) is 0.471. The number of non-ortho nitro benzene ring substituents is 1. The van der Waals surface area contributed by atoms with Gasteiger partial charge in [-0.05, 0) is 26.0 Å². The summed E-state index contributed by atoms with van der Waals surface area (Å²) >= 11 is 0. The van der Waals surface area contributed by atoms with E-state index in [4.69, 9.17) is 0 Å². The van der Waals surface area contributed by atoms with Gasteiger partial charge in [0.2, 0.25) is 0 Å². The van der Waals surface area contributed by atoms with Crippen LogP contribution in [0.2, 0.25) is 0 Å². The zero-order valence-corrected chi connectivity index (χ0v) is 15.3. The highest BCUT2D eigenvalue weighted by atomic mass is 19.4. The first kappa shape index (κ1) is 24.0. The summed E-state index contributed by atoms with van der Waals surface area (Å²) in [6, 6.07) is 3.50. The quantitative estimate of drug-likeness (QED) is 0.150. The molecule has 0 unspecified atom stereocenters. The van der Waals surface area contributed by atoms with Crippen LogP contribution in [0.4, 0.5) is 23.2 Å². The Kier molecular flexibility index (Phi) is 7.80. The van der Waals surface area contributed by atoms with Crippen molar-refractivity contribution in [1.29, 1.82) is 0 Å². The minimum absolute atomic E-state index is 0.403. The van der Waals surface area contributed by atoms with E-state index < -0.39 is 71.3 Å². The van der Waals surface area contributed by atoms with Gasteiger partial charge >= 0.3 is 23.8 Å². The molecule has 29 heavy (non-hydrogen) atoms. The molecule has 0 N–H and O–H groups in total. The number of esters is 2. The van der Waals surface area contributed by atoms with Crippen molar-refractivity contribution in [2.45, 2.75) is 32.1 Å². The van der Waals surface area contributed by atoms with E-state index in [1.165, 1.54) is 13.8 Å². The Balaban J connectivity index is 3.34. The molecule has 0 bridgehead atoms. The van der Waals surface area contributed by atoms with E-state index in [0.717, 1.165) is 24.3 Å². The second-order valence-electron chi connectivity index (χ2n) is 5.68. The summed E-state index contributed by atoms with van der Waals surface area (Å²) in [7, 11) is 0. The van der Waals surface area contributed by atoms with Crippen molar-refractivity contribution in [2.24, 2.45) is 5.92 Å². The Labute approximate surface area is 161 Å². The minimum Gasteiger partial charge on any atom is -0.463 e. The molecule has 1 aromatic carbocycles. The molecule has 0 aliphatic rings. The smallest absolute Gasteiger partial charge is 0.396 e. The summed E-state index contributed by atoms with van der Waals surface area (Å²) in [4.78, 5) is 45.9. The number of halogens is 4. The number of ketones is 1. The number of Topliss-reactive ketones (excluding diaryl/α,β-unsaturated/α-hetero) is 1. The predicted molar refractivity (Wildman–Crippen MR) is 88.7 cm³/mol. The largest absolute Gasteiger partial charge is 0.463 e. The third-order valence-corrected chi connectivity index (χ3v) is 3.81. The van der Waals surface area contributed by atoms with Gasteiger partial charge in [0.1, 0.15) is 5.92 Å². The highest BCUT2D eigenvalue weighted by Gasteiger charge is 2.66. The lowest BCUT2D eigenvalue weighted by atomic mass is 9.83. The molecule has 0 fully saturated rings. The lowest BCUT2D eigenvalue weighted by molar-refractivity contribution is -0.384. The maximum atomic E-state index is 15.2. The van der Waals surface area contributed by atoms with Crippen LogP contribution in [0.5, 0.6) is 0 Å². The number of carbonyl (C=O) groups excluding carboxylic acids is 3. The maximum absolute atomic E-state index is 15.2. The van der Waals surface area contributed by atoms with Gasteiger partial charge in [-0.1, -0.05) is 0 Å². The van der Waals surface area contributed by atoms with Gasteiger partial charge in [0, 0.05) is 24.1 Å². The summed E-state index contributed by atoms with van der Waals surface area (Å²) in [5.74, 6) is -8.94. The molecular formula is C17H17F4NO7. The average Bonchev–Trinajstić information content (AvgIpc) is 2.64. The van der Waals surface area contributed by atoms with Crippen molar-refractivity contribution >= 4 is 23.4 Å². The number of nitro groups is 1. The summed E-state index contributed by atoms with van der Waals surface area (Å²) in [5.41, 5.74) is -5.13. The van der Waals surface area contributed by atoms with Gasteiger partial charge in [0.25, 0.3) is 5.69 Å². The number of hydrogen-bond donors (Lipinski definition) is 0. The molecule has 0 spiro atoms. The first-order valence-electron chi connectivity index (χ1n) is 8.27. The van der Waals surface area contributed by atoms with Crippen molar-refractivity contribution in [2.75, 3.05) is 13.2 Å². The first-order valence-corrected chi connectivity index (χ1v) is 8.27. The van der Waals surface area contributed by atoms with Crippen molar-refractivity contribution < 1.29 is 46.3 Å². The van der Waals surface area contributed by atoms with Gasteiger partial charge in [-0.2, -0.15) is 13.2 Å². The third-order valence-electron chi connectivity index (χ3n) is 3.81. The van der Waals surface area contributed by atoms with Crippen LogP contribution in [0.1, 0.15) is 30.6 Å². The molecule has 0 amide bonds. The van der Waals surface area contributed by atoms with Crippen LogP contribution in [0.15, 0.2) is 24.3 Å². The van der Waals surface area contributed by atoms with E-state index in [2.05, 4.69) is 9.47 Å². The molecule has 0 heterocycles. The van der Waals surface area contributed by atoms with Crippen LogP contribution in [0, 0.1) is 16.0 Å². The lowest BCUT2D eigenvalue weighted by Crippen LogP contribution is -2.56. The Hall–Kier alpha value is -3.05. The van der Waals surface area contributed by atoms with Crippen molar-refractivity contribution in [3.05, 3.63) is 39.9 Å². The monoisotopic (exact) mass is 423 g/mol. The maximum Gasteiger partial charge on any atom is 0.396 e. The normalized spacial score (nSPS) is 12.8. The van der Waals surface area contributed by atoms with Gasteiger partial charge < -0.3 is 9.47 Å². The zero-order valence-electron chi connectivity index (χ0n) is 15.3. The number of hydrogen-bond acceptors (Lipinski definition) is 7. The van der Waals surface area contributed by atoms with E-state index in [-0.39, 0.29) is 0 Å². The van der Waals surface area contributed by atoms with E-state index in [0.29, 0.717) is 0 Å². The number of benzene rings is 1. The van der Waals surface area contributed by atoms with Crippen LogP contribution in [-0.4, -0.2) is 47.7 Å². The number of nitro benzene ring substituents is 1. The van der Waals surface area contributed by atoms with Gasteiger partial charge in [-0.25, -0.2) is 14.0 Å². The number of ether oxygens (including phenoxy) is 2. The number of carbonyl (C=O) groups is 3. The molecule has 0 aliphatic heterocycles. The highest BCUT2D eigenvalue weighted by Crippen LogP contribution is 2.42. The summed E-state index contributed by atoms with van der Waals surface area (Å²) in [6.45, 7) is 1.33. The molecule has 0 radical (unpaired) electrons. The van der Waals surface area contributed by atoms with Crippen molar-refractivity contribution in [3.63, 3.8) is 0 Å². The first-order chi connectivity index (χ1) is 13.4. The molecule has 12 heteroatoms. The fourth-order valence-electron chi connectivity index (χ4n) is 2.39. The van der Waals surface area contributed by atoms with Crippen LogP contribution < -0.4 is 0 Å². The Morgan fingerprint density at radius 3 is 1.79 bits per heavy atom. The Morgan fingerprint density at radius 2 is 1.45 bits per heavy atom.